The van der Waals surface area contributed by atoms with Gasteiger partial charge in [0.2, 0.25) is 0 Å². The normalized spacial score (nSPS) is 13.6. The molecule has 0 spiro atoms. The maximum Gasteiger partial charge on any atom is 0.472 e. The number of ether oxygens (including phenoxy) is 2. The lowest BCUT2D eigenvalue weighted by Gasteiger charge is -2.24. The fourth-order valence-electron chi connectivity index (χ4n) is 7.40. The van der Waals surface area contributed by atoms with Gasteiger partial charge in [0.05, 0.1) is 27.7 Å². The molecule has 0 fully saturated rings. The molecule has 0 amide bonds. The average molecular weight is 899 g/mol. The molecule has 0 heterocycles. The first-order chi connectivity index (χ1) is 30.0. The van der Waals surface area contributed by atoms with E-state index in [1.54, 1.807) is 0 Å². The standard InChI is InChI=1S/C52H100NO8P/c1-6-8-10-12-14-15-16-17-18-19-20-21-22-23-24-25-26-27-28-29-30-31-32-33-34-35-36-37-39-41-43-45-52(55)61-50(49-60-62(56,57)59-47-46-53(3,4)5)48-58-51(54)44-42-40-38-13-11-9-7-2/h16-17,19-20,50H,6-15,18,21-49H2,1-5H3/p+1/b17-16-,20-19-. The van der Waals surface area contributed by atoms with Gasteiger partial charge in [-0.15, -0.1) is 0 Å². The maximum absolute atomic E-state index is 12.7. The van der Waals surface area contributed by atoms with E-state index in [1.807, 2.05) is 21.1 Å². The van der Waals surface area contributed by atoms with Crippen LogP contribution in [0.1, 0.15) is 245 Å². The third kappa shape index (κ3) is 48.0. The number of rotatable bonds is 48. The van der Waals surface area contributed by atoms with Gasteiger partial charge in [-0.25, -0.2) is 4.57 Å². The topological polar surface area (TPSA) is 108 Å². The van der Waals surface area contributed by atoms with Crippen molar-refractivity contribution in [1.29, 1.82) is 0 Å². The number of likely N-dealkylation sites (N-methyl/N-ethyl adjacent to an activating group) is 1. The van der Waals surface area contributed by atoms with E-state index in [9.17, 15) is 19.0 Å². The minimum Gasteiger partial charge on any atom is -0.462 e. The highest BCUT2D eigenvalue weighted by Gasteiger charge is 2.27. The van der Waals surface area contributed by atoms with E-state index in [-0.39, 0.29) is 25.6 Å². The first-order valence-electron chi connectivity index (χ1n) is 26.1. The fraction of sp³-hybridized carbons (Fsp3) is 0.885. The summed E-state index contributed by atoms with van der Waals surface area (Å²) in [5.41, 5.74) is 0. The summed E-state index contributed by atoms with van der Waals surface area (Å²) < 4.78 is 34.3. The number of quaternary nitrogens is 1. The first-order valence-corrected chi connectivity index (χ1v) is 27.6. The van der Waals surface area contributed by atoms with Gasteiger partial charge in [0.1, 0.15) is 19.8 Å². The minimum atomic E-state index is -4.37. The van der Waals surface area contributed by atoms with Crippen LogP contribution in [0.4, 0.5) is 0 Å². The molecule has 0 saturated heterocycles. The maximum atomic E-state index is 12.7. The number of unbranched alkanes of at least 4 members (excludes halogenated alkanes) is 30. The summed E-state index contributed by atoms with van der Waals surface area (Å²) in [6.07, 6.45) is 51.4. The van der Waals surface area contributed by atoms with Crippen LogP contribution in [0.2, 0.25) is 0 Å². The van der Waals surface area contributed by atoms with Crippen molar-refractivity contribution in [1.82, 2.24) is 0 Å². The molecule has 9 nitrogen and oxygen atoms in total. The zero-order valence-electron chi connectivity index (χ0n) is 41.4. The third-order valence-corrected chi connectivity index (χ3v) is 12.5. The number of allylic oxidation sites excluding steroid dienone is 4. The summed E-state index contributed by atoms with van der Waals surface area (Å²) in [7, 11) is 1.49. The second-order valence-corrected chi connectivity index (χ2v) is 20.4. The summed E-state index contributed by atoms with van der Waals surface area (Å²) in [5.74, 6) is -0.794. The zero-order valence-corrected chi connectivity index (χ0v) is 42.3. The van der Waals surface area contributed by atoms with E-state index in [4.69, 9.17) is 18.5 Å². The number of carbonyl (C=O) groups excluding carboxylic acids is 2. The number of phosphoric acid groups is 1. The second kappa shape index (κ2) is 44.7. The van der Waals surface area contributed by atoms with Gasteiger partial charge in [0.15, 0.2) is 6.10 Å². The number of hydrogen-bond donors (Lipinski definition) is 1. The third-order valence-electron chi connectivity index (χ3n) is 11.5. The Labute approximate surface area is 383 Å². The van der Waals surface area contributed by atoms with Gasteiger partial charge in [0, 0.05) is 12.8 Å². The highest BCUT2D eigenvalue weighted by atomic mass is 31.2. The Hall–Kier alpha value is -1.51. The highest BCUT2D eigenvalue weighted by molar-refractivity contribution is 7.47. The van der Waals surface area contributed by atoms with Crippen molar-refractivity contribution in [2.45, 2.75) is 251 Å². The van der Waals surface area contributed by atoms with E-state index in [0.717, 1.165) is 38.5 Å². The van der Waals surface area contributed by atoms with Crippen molar-refractivity contribution in [2.75, 3.05) is 47.5 Å². The molecule has 0 aliphatic heterocycles. The van der Waals surface area contributed by atoms with Crippen LogP contribution >= 0.6 is 7.82 Å². The molecule has 0 radical (unpaired) electrons. The van der Waals surface area contributed by atoms with Crippen molar-refractivity contribution in [3.8, 4) is 0 Å². The van der Waals surface area contributed by atoms with Crippen LogP contribution in [0.5, 0.6) is 0 Å². The summed E-state index contributed by atoms with van der Waals surface area (Å²) in [5, 5.41) is 0. The molecule has 2 atom stereocenters. The first kappa shape index (κ1) is 60.5. The van der Waals surface area contributed by atoms with Crippen molar-refractivity contribution >= 4 is 19.8 Å². The van der Waals surface area contributed by atoms with Crippen LogP contribution in [-0.4, -0.2) is 74.9 Å². The molecule has 0 aliphatic carbocycles. The van der Waals surface area contributed by atoms with Crippen LogP contribution in [0, 0.1) is 0 Å². The molecular formula is C52H101NO8P+. The van der Waals surface area contributed by atoms with E-state index >= 15 is 0 Å². The largest absolute Gasteiger partial charge is 0.472 e. The molecule has 0 aromatic heterocycles. The molecule has 0 aromatic rings. The Morgan fingerprint density at radius 3 is 1.27 bits per heavy atom. The highest BCUT2D eigenvalue weighted by Crippen LogP contribution is 2.43. The van der Waals surface area contributed by atoms with Crippen molar-refractivity contribution in [3.63, 3.8) is 0 Å². The minimum absolute atomic E-state index is 0.0346. The number of carbonyl (C=O) groups is 2. The van der Waals surface area contributed by atoms with E-state index in [1.165, 1.54) is 173 Å². The molecule has 0 bridgehead atoms. The van der Waals surface area contributed by atoms with E-state index in [2.05, 4.69) is 38.2 Å². The predicted molar refractivity (Wildman–Crippen MR) is 261 cm³/mol. The van der Waals surface area contributed by atoms with Crippen LogP contribution in [0.15, 0.2) is 24.3 Å². The number of esters is 2. The number of nitrogens with zero attached hydrogens (tertiary/aromatic N) is 1. The molecule has 366 valence electrons. The number of hydrogen-bond acceptors (Lipinski definition) is 7. The molecular weight excluding hydrogens is 798 g/mol. The SMILES string of the molecule is CCCCCCC/C=C\C/C=C\CCCCCCCCCCCCCCCCCCCCCC(=O)OC(COC(=O)CCCCCCCCC)COP(=O)(O)OCC[N+](C)(C)C. The van der Waals surface area contributed by atoms with E-state index < -0.39 is 26.5 Å². The molecule has 0 aromatic carbocycles. The van der Waals surface area contributed by atoms with Crippen LogP contribution in [-0.2, 0) is 32.7 Å². The Morgan fingerprint density at radius 2 is 0.871 bits per heavy atom. The molecule has 1 N–H and O–H groups in total. The van der Waals surface area contributed by atoms with Crippen LogP contribution in [0.25, 0.3) is 0 Å². The monoisotopic (exact) mass is 899 g/mol. The molecule has 62 heavy (non-hydrogen) atoms. The Kier molecular flexibility index (Phi) is 43.6. The smallest absolute Gasteiger partial charge is 0.462 e. The van der Waals surface area contributed by atoms with E-state index in [0.29, 0.717) is 23.9 Å². The lowest BCUT2D eigenvalue weighted by molar-refractivity contribution is -0.870. The average Bonchev–Trinajstić information content (AvgIpc) is 3.23. The zero-order chi connectivity index (χ0) is 45.7. The van der Waals surface area contributed by atoms with Gasteiger partial charge in [-0.05, 0) is 44.9 Å². The predicted octanol–water partition coefficient (Wildman–Crippen LogP) is 15.5. The molecule has 0 rings (SSSR count). The molecule has 0 saturated carbocycles. The van der Waals surface area contributed by atoms with Gasteiger partial charge in [-0.1, -0.05) is 212 Å². The van der Waals surface area contributed by atoms with Crippen molar-refractivity contribution < 1.29 is 42.1 Å². The van der Waals surface area contributed by atoms with Gasteiger partial charge >= 0.3 is 19.8 Å². The Balaban J connectivity index is 3.92. The Bertz CT molecular complexity index is 1110. The van der Waals surface area contributed by atoms with Gasteiger partial charge in [-0.3, -0.25) is 18.6 Å². The quantitative estimate of drug-likeness (QED) is 0.0211. The second-order valence-electron chi connectivity index (χ2n) is 18.9. The van der Waals surface area contributed by atoms with Gasteiger partial charge in [-0.2, -0.15) is 0 Å². The van der Waals surface area contributed by atoms with Gasteiger partial charge in [0.25, 0.3) is 0 Å². The van der Waals surface area contributed by atoms with Gasteiger partial charge < -0.3 is 18.9 Å². The van der Waals surface area contributed by atoms with Crippen LogP contribution < -0.4 is 0 Å². The fourth-order valence-corrected chi connectivity index (χ4v) is 8.14. The Morgan fingerprint density at radius 1 is 0.500 bits per heavy atom. The molecule has 10 heteroatoms. The summed E-state index contributed by atoms with van der Waals surface area (Å²) in [6, 6.07) is 0. The summed E-state index contributed by atoms with van der Waals surface area (Å²) >= 11 is 0. The molecule has 0 aliphatic rings. The van der Waals surface area contributed by atoms with Crippen molar-refractivity contribution in [2.24, 2.45) is 0 Å². The molecule has 2 unspecified atom stereocenters. The van der Waals surface area contributed by atoms with Crippen molar-refractivity contribution in [3.05, 3.63) is 24.3 Å². The summed E-state index contributed by atoms with van der Waals surface area (Å²) in [4.78, 5) is 35.3. The number of phosphoric ester groups is 1. The lowest BCUT2D eigenvalue weighted by atomic mass is 10.0. The van der Waals surface area contributed by atoms with Crippen LogP contribution in [0.3, 0.4) is 0 Å². The summed E-state index contributed by atoms with van der Waals surface area (Å²) in [6.45, 7) is 4.39. The lowest BCUT2D eigenvalue weighted by Crippen LogP contribution is -2.37.